The fourth-order valence-corrected chi connectivity index (χ4v) is 2.20. The Morgan fingerprint density at radius 3 is 2.84 bits per heavy atom. The van der Waals surface area contributed by atoms with Crippen molar-refractivity contribution in [2.45, 2.75) is 13.0 Å². The molecule has 0 radical (unpaired) electrons. The average Bonchev–Trinajstić information content (AvgIpc) is 2.76. The van der Waals surface area contributed by atoms with E-state index in [1.165, 1.54) is 12.1 Å². The zero-order valence-corrected chi connectivity index (χ0v) is 10.4. The number of nitrogens with two attached hydrogens (primary N) is 1. The van der Waals surface area contributed by atoms with Crippen molar-refractivity contribution < 1.29 is 8.81 Å². The summed E-state index contributed by atoms with van der Waals surface area (Å²) in [5.41, 5.74) is 8.39. The summed E-state index contributed by atoms with van der Waals surface area (Å²) in [6, 6.07) is 9.56. The number of aromatic nitrogens is 1. The fourth-order valence-electron chi connectivity index (χ4n) is 2.20. The first-order valence-electron chi connectivity index (χ1n) is 6.02. The minimum absolute atomic E-state index is 0.283. The number of fused-ring (bicyclic) bond motifs is 1. The molecule has 1 atom stereocenters. The highest BCUT2D eigenvalue weighted by Gasteiger charge is 2.19. The lowest BCUT2D eigenvalue weighted by Gasteiger charge is -2.08. The monoisotopic (exact) mass is 256 g/mol. The van der Waals surface area contributed by atoms with Gasteiger partial charge >= 0.3 is 0 Å². The van der Waals surface area contributed by atoms with Gasteiger partial charge in [0.05, 0.1) is 5.69 Å². The second-order valence-corrected chi connectivity index (χ2v) is 4.46. The second-order valence-electron chi connectivity index (χ2n) is 4.46. The molecule has 1 aromatic carbocycles. The fraction of sp³-hybridized carbons (Fsp3) is 0.133. The predicted molar refractivity (Wildman–Crippen MR) is 71.2 cm³/mol. The molecular weight excluding hydrogens is 243 g/mol. The van der Waals surface area contributed by atoms with Gasteiger partial charge in [-0.15, -0.1) is 0 Å². The highest BCUT2D eigenvalue weighted by atomic mass is 19.1. The number of nitrogens with zero attached hydrogens (tertiary/aromatic N) is 1. The van der Waals surface area contributed by atoms with Crippen LogP contribution < -0.4 is 5.73 Å². The standard InChI is InChI=1S/C15H13FN2O/c1-9-11-8-10(16)5-6-13(11)19-15(9)14(17)12-4-2-3-7-18-12/h2-8,14H,17H2,1H3. The molecule has 0 saturated carbocycles. The van der Waals surface area contributed by atoms with Crippen molar-refractivity contribution in [3.63, 3.8) is 0 Å². The molecule has 4 heteroatoms. The summed E-state index contributed by atoms with van der Waals surface area (Å²) in [6.45, 7) is 1.88. The molecule has 3 rings (SSSR count). The molecule has 2 heterocycles. The minimum atomic E-state index is -0.448. The first kappa shape index (κ1) is 11.9. The van der Waals surface area contributed by atoms with Crippen molar-refractivity contribution in [2.75, 3.05) is 0 Å². The Labute approximate surface area is 109 Å². The van der Waals surface area contributed by atoms with Gasteiger partial charge in [0, 0.05) is 17.1 Å². The number of furan rings is 1. The lowest BCUT2D eigenvalue weighted by Crippen LogP contribution is -2.13. The van der Waals surface area contributed by atoms with Crippen LogP contribution in [0, 0.1) is 12.7 Å². The Hall–Kier alpha value is -2.20. The number of halogens is 1. The third-order valence-electron chi connectivity index (χ3n) is 3.22. The third-order valence-corrected chi connectivity index (χ3v) is 3.22. The number of hydrogen-bond acceptors (Lipinski definition) is 3. The van der Waals surface area contributed by atoms with Gasteiger partial charge in [0.25, 0.3) is 0 Å². The van der Waals surface area contributed by atoms with Gasteiger partial charge in [0.2, 0.25) is 0 Å². The van der Waals surface area contributed by atoms with Crippen LogP contribution in [0.15, 0.2) is 47.0 Å². The first-order chi connectivity index (χ1) is 9.16. The summed E-state index contributed by atoms with van der Waals surface area (Å²) in [5.74, 6) is 0.341. The Balaban J connectivity index is 2.13. The third kappa shape index (κ3) is 2.00. The molecule has 0 fully saturated rings. The molecule has 0 aliphatic rings. The maximum Gasteiger partial charge on any atom is 0.134 e. The molecule has 0 saturated heterocycles. The van der Waals surface area contributed by atoms with Crippen molar-refractivity contribution in [1.82, 2.24) is 4.98 Å². The summed E-state index contributed by atoms with van der Waals surface area (Å²) in [4.78, 5) is 4.22. The summed E-state index contributed by atoms with van der Waals surface area (Å²) in [7, 11) is 0. The van der Waals surface area contributed by atoms with Gasteiger partial charge in [0.15, 0.2) is 0 Å². The lowest BCUT2D eigenvalue weighted by atomic mass is 10.1. The van der Waals surface area contributed by atoms with Gasteiger partial charge in [0.1, 0.15) is 23.2 Å². The zero-order chi connectivity index (χ0) is 13.4. The van der Waals surface area contributed by atoms with Crippen LogP contribution in [0.3, 0.4) is 0 Å². The highest BCUT2D eigenvalue weighted by Crippen LogP contribution is 2.31. The van der Waals surface area contributed by atoms with Crippen LogP contribution >= 0.6 is 0 Å². The number of pyridine rings is 1. The van der Waals surface area contributed by atoms with Crippen molar-refractivity contribution >= 4 is 11.0 Å². The Bertz CT molecular complexity index is 722. The number of rotatable bonds is 2. The summed E-state index contributed by atoms with van der Waals surface area (Å²) < 4.78 is 19.0. The van der Waals surface area contributed by atoms with E-state index in [-0.39, 0.29) is 5.82 Å². The van der Waals surface area contributed by atoms with Crippen molar-refractivity contribution in [2.24, 2.45) is 5.73 Å². The van der Waals surface area contributed by atoms with E-state index in [4.69, 9.17) is 10.2 Å². The summed E-state index contributed by atoms with van der Waals surface area (Å²) in [6.07, 6.45) is 1.69. The minimum Gasteiger partial charge on any atom is -0.459 e. The molecule has 96 valence electrons. The maximum absolute atomic E-state index is 13.3. The normalized spacial score (nSPS) is 12.8. The van der Waals surface area contributed by atoms with Crippen molar-refractivity contribution in [3.8, 4) is 0 Å². The molecule has 0 aliphatic heterocycles. The van der Waals surface area contributed by atoms with Gasteiger partial charge in [-0.2, -0.15) is 0 Å². The predicted octanol–water partition coefficient (Wildman–Crippen LogP) is 3.32. The van der Waals surface area contributed by atoms with Gasteiger partial charge in [-0.05, 0) is 37.3 Å². The quantitative estimate of drug-likeness (QED) is 0.765. The van der Waals surface area contributed by atoms with Crippen molar-refractivity contribution in [1.29, 1.82) is 0 Å². The van der Waals surface area contributed by atoms with Gasteiger partial charge in [-0.25, -0.2) is 4.39 Å². The lowest BCUT2D eigenvalue weighted by molar-refractivity contribution is 0.516. The van der Waals surface area contributed by atoms with E-state index in [0.717, 1.165) is 16.6 Å². The molecule has 3 nitrogen and oxygen atoms in total. The molecule has 2 N–H and O–H groups in total. The molecular formula is C15H13FN2O. The second kappa shape index (κ2) is 4.48. The zero-order valence-electron chi connectivity index (χ0n) is 10.4. The molecule has 2 aromatic heterocycles. The van der Waals surface area contributed by atoms with E-state index >= 15 is 0 Å². The first-order valence-corrected chi connectivity index (χ1v) is 6.02. The maximum atomic E-state index is 13.3. The van der Waals surface area contributed by atoms with Crippen LogP contribution in [0.2, 0.25) is 0 Å². The van der Waals surface area contributed by atoms with E-state index < -0.39 is 6.04 Å². The molecule has 0 spiro atoms. The van der Waals surface area contributed by atoms with Crippen LogP contribution in [0.4, 0.5) is 4.39 Å². The van der Waals surface area contributed by atoms with E-state index in [9.17, 15) is 4.39 Å². The smallest absolute Gasteiger partial charge is 0.134 e. The van der Waals surface area contributed by atoms with E-state index in [1.54, 1.807) is 12.3 Å². The van der Waals surface area contributed by atoms with Crippen LogP contribution in [-0.4, -0.2) is 4.98 Å². The molecule has 0 aliphatic carbocycles. The topological polar surface area (TPSA) is 52.0 Å². The molecule has 19 heavy (non-hydrogen) atoms. The Morgan fingerprint density at radius 2 is 2.11 bits per heavy atom. The van der Waals surface area contributed by atoms with Crippen LogP contribution in [0.5, 0.6) is 0 Å². The van der Waals surface area contributed by atoms with E-state index in [2.05, 4.69) is 4.98 Å². The van der Waals surface area contributed by atoms with Crippen LogP contribution in [-0.2, 0) is 0 Å². The SMILES string of the molecule is Cc1c(C(N)c2ccccn2)oc2ccc(F)cc12. The van der Waals surface area contributed by atoms with Gasteiger partial charge < -0.3 is 10.2 Å². The molecule has 0 amide bonds. The highest BCUT2D eigenvalue weighted by molar-refractivity contribution is 5.82. The molecule has 0 bridgehead atoms. The number of benzene rings is 1. The van der Waals surface area contributed by atoms with E-state index in [1.807, 2.05) is 25.1 Å². The Kier molecular flexibility index (Phi) is 2.80. The van der Waals surface area contributed by atoms with Crippen LogP contribution in [0.1, 0.15) is 23.1 Å². The number of aryl methyl sites for hydroxylation is 1. The van der Waals surface area contributed by atoms with Gasteiger partial charge in [-0.3, -0.25) is 4.98 Å². The van der Waals surface area contributed by atoms with Gasteiger partial charge in [-0.1, -0.05) is 6.07 Å². The molecule has 3 aromatic rings. The van der Waals surface area contributed by atoms with Crippen LogP contribution in [0.25, 0.3) is 11.0 Å². The summed E-state index contributed by atoms with van der Waals surface area (Å²) >= 11 is 0. The van der Waals surface area contributed by atoms with E-state index in [0.29, 0.717) is 11.3 Å². The largest absolute Gasteiger partial charge is 0.459 e. The summed E-state index contributed by atoms with van der Waals surface area (Å²) in [5, 5.41) is 0.751. The molecule has 1 unspecified atom stereocenters. The Morgan fingerprint density at radius 1 is 1.26 bits per heavy atom. The average molecular weight is 256 g/mol. The number of hydrogen-bond donors (Lipinski definition) is 1. The van der Waals surface area contributed by atoms with Crippen molar-refractivity contribution in [3.05, 3.63) is 65.4 Å².